The molecule has 2 bridgehead atoms. The second kappa shape index (κ2) is 5.31. The van der Waals surface area contributed by atoms with E-state index in [9.17, 15) is 14.4 Å². The van der Waals surface area contributed by atoms with Gasteiger partial charge in [0.15, 0.2) is 0 Å². The zero-order chi connectivity index (χ0) is 15.9. The minimum absolute atomic E-state index is 0.0776. The number of amides is 1. The highest BCUT2D eigenvalue weighted by Crippen LogP contribution is 2.47. The fourth-order valence-electron chi connectivity index (χ4n) is 3.60. The molecule has 0 aliphatic carbocycles. The number of esters is 1. The lowest BCUT2D eigenvalue weighted by Gasteiger charge is -2.27. The quantitative estimate of drug-likeness (QED) is 0.726. The Morgan fingerprint density at radius 3 is 2.00 bits per heavy atom. The Hall–Kier alpha value is -1.59. The van der Waals surface area contributed by atoms with Crippen LogP contribution in [0, 0.1) is 11.8 Å². The van der Waals surface area contributed by atoms with E-state index in [1.807, 2.05) is 0 Å². The van der Waals surface area contributed by atoms with E-state index in [-0.39, 0.29) is 17.9 Å². The van der Waals surface area contributed by atoms with E-state index >= 15 is 0 Å². The van der Waals surface area contributed by atoms with E-state index in [1.165, 1.54) is 14.0 Å². The zero-order valence-electron chi connectivity index (χ0n) is 13.2. The van der Waals surface area contributed by atoms with Crippen molar-refractivity contribution < 1.29 is 23.9 Å². The molecular weight excluding hydrogens is 274 g/mol. The largest absolute Gasteiger partial charge is 0.469 e. The van der Waals surface area contributed by atoms with E-state index in [0.29, 0.717) is 6.42 Å². The molecule has 0 N–H and O–H groups in total. The highest BCUT2D eigenvalue weighted by molar-refractivity contribution is 5.89. The minimum Gasteiger partial charge on any atom is -0.469 e. The molecule has 1 amide bonds. The number of hydrogen-bond donors (Lipinski definition) is 0. The van der Waals surface area contributed by atoms with E-state index in [0.717, 1.165) is 6.42 Å². The monoisotopic (exact) mass is 297 g/mol. The van der Waals surface area contributed by atoms with E-state index < -0.39 is 29.5 Å². The standard InChI is InChI=1S/C15H23NO5/c1-8(17)11-9-6-7-10(12(11)13(18)20-5)16(9)14(19)21-15(2,3)4/h9-12H,6-7H2,1-5H3/t9-,10+,11-,12-/m0/s1. The van der Waals surface area contributed by atoms with Gasteiger partial charge in [-0.05, 0) is 40.5 Å². The van der Waals surface area contributed by atoms with Crippen molar-refractivity contribution in [2.24, 2.45) is 11.8 Å². The van der Waals surface area contributed by atoms with Crippen LogP contribution >= 0.6 is 0 Å². The number of methoxy groups -OCH3 is 1. The van der Waals surface area contributed by atoms with Crippen molar-refractivity contribution >= 4 is 17.8 Å². The van der Waals surface area contributed by atoms with Crippen molar-refractivity contribution in [3.05, 3.63) is 0 Å². The number of nitrogens with zero attached hydrogens (tertiary/aromatic N) is 1. The molecule has 2 rings (SSSR count). The van der Waals surface area contributed by atoms with Crippen molar-refractivity contribution in [2.45, 2.75) is 58.2 Å². The molecule has 0 aromatic rings. The molecule has 2 saturated heterocycles. The summed E-state index contributed by atoms with van der Waals surface area (Å²) in [4.78, 5) is 37.9. The summed E-state index contributed by atoms with van der Waals surface area (Å²) in [5, 5.41) is 0. The molecule has 0 unspecified atom stereocenters. The summed E-state index contributed by atoms with van der Waals surface area (Å²) in [6.07, 6.45) is 0.974. The third-order valence-corrected chi connectivity index (χ3v) is 4.24. The number of Topliss-reactive ketones (excluding diaryl/α,β-unsaturated/α-hetero) is 1. The molecule has 2 aliphatic rings. The van der Waals surface area contributed by atoms with Gasteiger partial charge in [0.25, 0.3) is 0 Å². The van der Waals surface area contributed by atoms with Crippen molar-refractivity contribution in [2.75, 3.05) is 7.11 Å². The molecule has 2 aliphatic heterocycles. The number of carbonyl (C=O) groups is 3. The normalized spacial score (nSPS) is 31.2. The van der Waals surface area contributed by atoms with Gasteiger partial charge in [-0.1, -0.05) is 0 Å². The maximum Gasteiger partial charge on any atom is 0.410 e. The first kappa shape index (κ1) is 15.8. The average molecular weight is 297 g/mol. The van der Waals surface area contributed by atoms with Crippen molar-refractivity contribution in [3.63, 3.8) is 0 Å². The van der Waals surface area contributed by atoms with Crippen LogP contribution in [0.4, 0.5) is 4.79 Å². The number of hydrogen-bond acceptors (Lipinski definition) is 5. The van der Waals surface area contributed by atoms with Crippen molar-refractivity contribution in [1.82, 2.24) is 4.90 Å². The maximum absolute atomic E-state index is 12.4. The zero-order valence-corrected chi connectivity index (χ0v) is 13.2. The molecule has 2 heterocycles. The fourth-order valence-corrected chi connectivity index (χ4v) is 3.60. The molecule has 0 saturated carbocycles. The van der Waals surface area contributed by atoms with Gasteiger partial charge in [0, 0.05) is 12.1 Å². The second-order valence-corrected chi connectivity index (χ2v) is 6.79. The first-order chi connectivity index (χ1) is 9.67. The van der Waals surface area contributed by atoms with E-state index in [4.69, 9.17) is 9.47 Å². The van der Waals surface area contributed by atoms with Crippen LogP contribution in [0.3, 0.4) is 0 Å². The predicted octanol–water partition coefficient (Wildman–Crippen LogP) is 1.76. The number of fused-ring (bicyclic) bond motifs is 2. The summed E-state index contributed by atoms with van der Waals surface area (Å²) in [6, 6.07) is -0.558. The van der Waals surface area contributed by atoms with E-state index in [1.54, 1.807) is 25.7 Å². The van der Waals surface area contributed by atoms with Gasteiger partial charge in [0.05, 0.1) is 18.9 Å². The second-order valence-electron chi connectivity index (χ2n) is 6.79. The summed E-state index contributed by atoms with van der Waals surface area (Å²) in [5.41, 5.74) is -0.606. The summed E-state index contributed by atoms with van der Waals surface area (Å²) >= 11 is 0. The Balaban J connectivity index is 2.28. The molecule has 6 nitrogen and oxygen atoms in total. The van der Waals surface area contributed by atoms with Crippen LogP contribution in [0.2, 0.25) is 0 Å². The lowest BCUT2D eigenvalue weighted by Crippen LogP contribution is -2.41. The van der Waals surface area contributed by atoms with Crippen molar-refractivity contribution in [3.8, 4) is 0 Å². The van der Waals surface area contributed by atoms with Crippen LogP contribution in [0.5, 0.6) is 0 Å². The van der Waals surface area contributed by atoms with Crippen LogP contribution in [-0.2, 0) is 19.1 Å². The Morgan fingerprint density at radius 1 is 1.05 bits per heavy atom. The third kappa shape index (κ3) is 2.76. The Labute approximate surface area is 124 Å². The Bertz CT molecular complexity index is 467. The Morgan fingerprint density at radius 2 is 1.57 bits per heavy atom. The molecule has 0 aromatic heterocycles. The number of rotatable bonds is 2. The first-order valence-electron chi connectivity index (χ1n) is 7.27. The first-order valence-corrected chi connectivity index (χ1v) is 7.27. The van der Waals surface area contributed by atoms with Crippen LogP contribution in [0.1, 0.15) is 40.5 Å². The molecule has 118 valence electrons. The fraction of sp³-hybridized carbons (Fsp3) is 0.800. The molecule has 4 atom stereocenters. The van der Waals surface area contributed by atoms with Gasteiger partial charge in [-0.2, -0.15) is 0 Å². The van der Waals surface area contributed by atoms with Crippen LogP contribution in [0.15, 0.2) is 0 Å². The molecule has 0 spiro atoms. The minimum atomic E-state index is -0.606. The van der Waals surface area contributed by atoms with Crippen LogP contribution in [0.25, 0.3) is 0 Å². The van der Waals surface area contributed by atoms with Crippen LogP contribution in [-0.4, -0.2) is 47.5 Å². The van der Waals surface area contributed by atoms with Gasteiger partial charge in [0.1, 0.15) is 11.4 Å². The lowest BCUT2D eigenvalue weighted by molar-refractivity contribution is -0.150. The summed E-state index contributed by atoms with van der Waals surface area (Å²) in [6.45, 7) is 6.85. The topological polar surface area (TPSA) is 72.9 Å². The van der Waals surface area contributed by atoms with Gasteiger partial charge in [0.2, 0.25) is 0 Å². The highest BCUT2D eigenvalue weighted by atomic mass is 16.6. The van der Waals surface area contributed by atoms with Crippen LogP contribution < -0.4 is 0 Å². The SMILES string of the molecule is COC(=O)[C@@H]1[C@@H](C(C)=O)[C@@H]2CC[C@H]1N2C(=O)OC(C)(C)C. The number of carbonyl (C=O) groups excluding carboxylic acids is 3. The molecular formula is C15H23NO5. The third-order valence-electron chi connectivity index (χ3n) is 4.24. The molecule has 0 aromatic carbocycles. The smallest absolute Gasteiger partial charge is 0.410 e. The van der Waals surface area contributed by atoms with Gasteiger partial charge in [-0.25, -0.2) is 4.79 Å². The molecule has 6 heteroatoms. The maximum atomic E-state index is 12.4. The van der Waals surface area contributed by atoms with Crippen molar-refractivity contribution in [1.29, 1.82) is 0 Å². The number of ketones is 1. The van der Waals surface area contributed by atoms with Gasteiger partial charge in [-0.3, -0.25) is 9.59 Å². The van der Waals surface area contributed by atoms with Gasteiger partial charge in [-0.15, -0.1) is 0 Å². The summed E-state index contributed by atoms with van der Waals surface area (Å²) < 4.78 is 10.2. The highest BCUT2D eigenvalue weighted by Gasteiger charge is 2.60. The molecule has 0 radical (unpaired) electrons. The average Bonchev–Trinajstić information content (AvgIpc) is 2.90. The molecule has 21 heavy (non-hydrogen) atoms. The Kier molecular flexibility index (Phi) is 4.00. The lowest BCUT2D eigenvalue weighted by atomic mass is 9.77. The molecule has 2 fully saturated rings. The predicted molar refractivity (Wildman–Crippen MR) is 74.6 cm³/mol. The van der Waals surface area contributed by atoms with E-state index in [2.05, 4.69) is 0 Å². The van der Waals surface area contributed by atoms with Gasteiger partial charge >= 0.3 is 12.1 Å². The number of ether oxygens (including phenoxy) is 2. The summed E-state index contributed by atoms with van der Waals surface area (Å²) in [7, 11) is 1.31. The van der Waals surface area contributed by atoms with Gasteiger partial charge < -0.3 is 14.4 Å². The summed E-state index contributed by atoms with van der Waals surface area (Å²) in [5.74, 6) is -1.55.